The number of thioether (sulfide) groups is 1. The molecule has 0 aliphatic rings. The molecule has 100 valence electrons. The average Bonchev–Trinajstić information content (AvgIpc) is 2.38. The Morgan fingerprint density at radius 2 is 2.17 bits per heavy atom. The van der Waals surface area contributed by atoms with Crippen molar-refractivity contribution in [3.8, 4) is 0 Å². The largest absolute Gasteiger partial charge is 0.383 e. The molecule has 4 nitrogen and oxygen atoms in total. The van der Waals surface area contributed by atoms with Gasteiger partial charge in [0.25, 0.3) is 5.69 Å². The molecular formula is C13H20N2O2S. The minimum absolute atomic E-state index is 0.157. The van der Waals surface area contributed by atoms with Crippen LogP contribution in [-0.4, -0.2) is 17.7 Å². The summed E-state index contributed by atoms with van der Waals surface area (Å²) < 4.78 is 0. The highest BCUT2D eigenvalue weighted by Crippen LogP contribution is 2.27. The standard InChI is InChI=1S/C13H20N2O2S/c1-3-4-5-8-18-10-11-6-7-12(14-2)13(9-11)15(16)17/h6-7,9,14H,3-5,8,10H2,1-2H3. The molecule has 18 heavy (non-hydrogen) atoms. The Balaban J connectivity index is 2.56. The predicted octanol–water partition coefficient (Wildman–Crippen LogP) is 4.06. The normalized spacial score (nSPS) is 10.3. The average molecular weight is 268 g/mol. The lowest BCUT2D eigenvalue weighted by atomic mass is 10.2. The van der Waals surface area contributed by atoms with E-state index in [4.69, 9.17) is 0 Å². The smallest absolute Gasteiger partial charge is 0.292 e. The number of nitro groups is 1. The van der Waals surface area contributed by atoms with Crippen molar-refractivity contribution < 1.29 is 4.92 Å². The van der Waals surface area contributed by atoms with E-state index in [1.807, 2.05) is 17.8 Å². The SMILES string of the molecule is CCCCCSCc1ccc(NC)c([N+](=O)[O-])c1. The minimum Gasteiger partial charge on any atom is -0.383 e. The molecule has 0 radical (unpaired) electrons. The van der Waals surface area contributed by atoms with Crippen LogP contribution in [0, 0.1) is 10.1 Å². The molecule has 0 bridgehead atoms. The third-order valence-electron chi connectivity index (χ3n) is 2.69. The van der Waals surface area contributed by atoms with Gasteiger partial charge in [-0.25, -0.2) is 0 Å². The first kappa shape index (κ1) is 14.8. The molecule has 0 heterocycles. The summed E-state index contributed by atoms with van der Waals surface area (Å²) in [5.74, 6) is 1.96. The molecule has 5 heteroatoms. The molecule has 0 aliphatic carbocycles. The number of nitro benzene ring substituents is 1. The second-order valence-electron chi connectivity index (χ2n) is 4.12. The van der Waals surface area contributed by atoms with E-state index in [0.29, 0.717) is 5.69 Å². The highest BCUT2D eigenvalue weighted by Gasteiger charge is 2.13. The first-order valence-electron chi connectivity index (χ1n) is 6.21. The maximum absolute atomic E-state index is 10.9. The Morgan fingerprint density at radius 1 is 1.39 bits per heavy atom. The zero-order valence-electron chi connectivity index (χ0n) is 10.9. The molecule has 0 atom stereocenters. The Labute approximate surface area is 112 Å². The van der Waals surface area contributed by atoms with E-state index in [2.05, 4.69) is 12.2 Å². The zero-order valence-corrected chi connectivity index (χ0v) is 11.8. The predicted molar refractivity (Wildman–Crippen MR) is 78.3 cm³/mol. The number of rotatable bonds is 8. The van der Waals surface area contributed by atoms with Crippen molar-refractivity contribution >= 4 is 23.1 Å². The van der Waals surface area contributed by atoms with Crippen LogP contribution in [-0.2, 0) is 5.75 Å². The Bertz CT molecular complexity index is 397. The summed E-state index contributed by atoms with van der Waals surface area (Å²) in [7, 11) is 1.70. The molecule has 0 saturated carbocycles. The van der Waals surface area contributed by atoms with Gasteiger partial charge in [0.2, 0.25) is 0 Å². The lowest BCUT2D eigenvalue weighted by molar-refractivity contribution is -0.384. The van der Waals surface area contributed by atoms with E-state index >= 15 is 0 Å². The number of unbranched alkanes of at least 4 members (excludes halogenated alkanes) is 2. The van der Waals surface area contributed by atoms with Crippen LogP contribution in [0.5, 0.6) is 0 Å². The summed E-state index contributed by atoms with van der Waals surface area (Å²) in [6.07, 6.45) is 3.70. The Morgan fingerprint density at radius 3 is 2.78 bits per heavy atom. The van der Waals surface area contributed by atoms with Crippen LogP contribution in [0.1, 0.15) is 31.7 Å². The second kappa shape index (κ2) is 7.97. The van der Waals surface area contributed by atoms with Gasteiger partial charge in [-0.3, -0.25) is 10.1 Å². The number of nitrogens with zero attached hydrogens (tertiary/aromatic N) is 1. The molecule has 0 aromatic heterocycles. The van der Waals surface area contributed by atoms with Crippen molar-refractivity contribution in [1.82, 2.24) is 0 Å². The molecule has 0 spiro atoms. The quantitative estimate of drug-likeness (QED) is 0.439. The van der Waals surface area contributed by atoms with Gasteiger partial charge < -0.3 is 5.32 Å². The summed E-state index contributed by atoms with van der Waals surface area (Å²) >= 11 is 1.84. The molecule has 1 aromatic carbocycles. The van der Waals surface area contributed by atoms with Gasteiger partial charge in [-0.2, -0.15) is 11.8 Å². The lowest BCUT2D eigenvalue weighted by Crippen LogP contribution is -1.97. The van der Waals surface area contributed by atoms with Crippen molar-refractivity contribution in [3.05, 3.63) is 33.9 Å². The summed E-state index contributed by atoms with van der Waals surface area (Å²) in [6, 6.07) is 5.39. The van der Waals surface area contributed by atoms with Crippen molar-refractivity contribution in [2.75, 3.05) is 18.1 Å². The molecule has 0 unspecified atom stereocenters. The summed E-state index contributed by atoms with van der Waals surface area (Å²) in [5, 5.41) is 13.7. The van der Waals surface area contributed by atoms with E-state index in [1.165, 1.54) is 19.3 Å². The van der Waals surface area contributed by atoms with E-state index in [1.54, 1.807) is 19.2 Å². The molecule has 0 fully saturated rings. The van der Waals surface area contributed by atoms with Gasteiger partial charge in [0.05, 0.1) is 4.92 Å². The second-order valence-corrected chi connectivity index (χ2v) is 5.22. The Hall–Kier alpha value is -1.23. The third-order valence-corrected chi connectivity index (χ3v) is 3.80. The number of hydrogen-bond donors (Lipinski definition) is 1. The van der Waals surface area contributed by atoms with Gasteiger partial charge in [-0.1, -0.05) is 25.8 Å². The molecule has 0 saturated heterocycles. The zero-order chi connectivity index (χ0) is 13.4. The summed E-state index contributed by atoms with van der Waals surface area (Å²) in [4.78, 5) is 10.6. The summed E-state index contributed by atoms with van der Waals surface area (Å²) in [5.41, 5.74) is 1.74. The van der Waals surface area contributed by atoms with E-state index in [-0.39, 0.29) is 10.6 Å². The first-order chi connectivity index (χ1) is 8.69. The van der Waals surface area contributed by atoms with Crippen LogP contribution in [0.2, 0.25) is 0 Å². The van der Waals surface area contributed by atoms with Crippen LogP contribution < -0.4 is 5.32 Å². The highest BCUT2D eigenvalue weighted by molar-refractivity contribution is 7.98. The third kappa shape index (κ3) is 4.56. The van der Waals surface area contributed by atoms with E-state index in [0.717, 1.165) is 17.1 Å². The highest BCUT2D eigenvalue weighted by atomic mass is 32.2. The molecule has 0 amide bonds. The van der Waals surface area contributed by atoms with E-state index < -0.39 is 0 Å². The van der Waals surface area contributed by atoms with Crippen LogP contribution >= 0.6 is 11.8 Å². The molecule has 1 N–H and O–H groups in total. The van der Waals surface area contributed by atoms with Gasteiger partial charge in [0.1, 0.15) is 5.69 Å². The topological polar surface area (TPSA) is 55.2 Å². The van der Waals surface area contributed by atoms with Gasteiger partial charge in [-0.05, 0) is 23.8 Å². The fraction of sp³-hybridized carbons (Fsp3) is 0.538. The molecule has 1 rings (SSSR count). The molecule has 0 aliphatic heterocycles. The number of anilines is 1. The van der Waals surface area contributed by atoms with Crippen LogP contribution in [0.25, 0.3) is 0 Å². The van der Waals surface area contributed by atoms with Gasteiger partial charge >= 0.3 is 0 Å². The minimum atomic E-state index is -0.336. The monoisotopic (exact) mass is 268 g/mol. The lowest BCUT2D eigenvalue weighted by Gasteiger charge is -2.05. The van der Waals surface area contributed by atoms with E-state index in [9.17, 15) is 10.1 Å². The Kier molecular flexibility index (Phi) is 6.57. The maximum Gasteiger partial charge on any atom is 0.292 e. The van der Waals surface area contributed by atoms with Gasteiger partial charge in [0.15, 0.2) is 0 Å². The van der Waals surface area contributed by atoms with Crippen LogP contribution in [0.4, 0.5) is 11.4 Å². The number of benzene rings is 1. The molecule has 1 aromatic rings. The fourth-order valence-electron chi connectivity index (χ4n) is 1.67. The number of hydrogen-bond acceptors (Lipinski definition) is 4. The van der Waals surface area contributed by atoms with Gasteiger partial charge in [-0.15, -0.1) is 0 Å². The van der Waals surface area contributed by atoms with Crippen molar-refractivity contribution in [2.45, 2.75) is 31.9 Å². The van der Waals surface area contributed by atoms with Crippen molar-refractivity contribution in [2.24, 2.45) is 0 Å². The van der Waals surface area contributed by atoms with Crippen molar-refractivity contribution in [1.29, 1.82) is 0 Å². The fourth-order valence-corrected chi connectivity index (χ4v) is 2.64. The van der Waals surface area contributed by atoms with Crippen LogP contribution in [0.3, 0.4) is 0 Å². The number of nitrogens with one attached hydrogen (secondary N) is 1. The van der Waals surface area contributed by atoms with Crippen LogP contribution in [0.15, 0.2) is 18.2 Å². The first-order valence-corrected chi connectivity index (χ1v) is 7.37. The van der Waals surface area contributed by atoms with Crippen molar-refractivity contribution in [3.63, 3.8) is 0 Å². The summed E-state index contributed by atoms with van der Waals surface area (Å²) in [6.45, 7) is 2.19. The molecular weight excluding hydrogens is 248 g/mol. The maximum atomic E-state index is 10.9. The van der Waals surface area contributed by atoms with Gasteiger partial charge in [0, 0.05) is 18.9 Å².